The molecular weight excluding hydrogens is 434 g/mol. The van der Waals surface area contributed by atoms with E-state index in [2.05, 4.69) is 59.0 Å². The first kappa shape index (κ1) is 22.8. The van der Waals surface area contributed by atoms with Crippen LogP contribution in [0, 0.1) is 28.6 Å². The number of carbonyl (C=O) groups excluding carboxylic acids is 1. The first-order chi connectivity index (χ1) is 16.9. The van der Waals surface area contributed by atoms with Crippen molar-refractivity contribution in [2.24, 2.45) is 33.6 Å². The Balaban J connectivity index is 1.17. The summed E-state index contributed by atoms with van der Waals surface area (Å²) >= 11 is 0. The molecule has 6 nitrogen and oxygen atoms in total. The minimum Gasteiger partial charge on any atom is -0.335 e. The lowest BCUT2D eigenvalue weighted by atomic mass is 9.47. The van der Waals surface area contributed by atoms with Gasteiger partial charge in [0.05, 0.1) is 18.6 Å². The Morgan fingerprint density at radius 1 is 1.14 bits per heavy atom. The van der Waals surface area contributed by atoms with E-state index < -0.39 is 0 Å². The number of aromatic nitrogens is 2. The Kier molecular flexibility index (Phi) is 5.53. The largest absolute Gasteiger partial charge is 0.335 e. The number of fused-ring (bicyclic) bond motifs is 5. The van der Waals surface area contributed by atoms with E-state index in [4.69, 9.17) is 0 Å². The zero-order chi connectivity index (χ0) is 24.2. The Morgan fingerprint density at radius 2 is 2.00 bits per heavy atom. The maximum atomic E-state index is 12.7. The maximum absolute atomic E-state index is 12.7. The fourth-order valence-corrected chi connectivity index (χ4v) is 8.19. The summed E-state index contributed by atoms with van der Waals surface area (Å²) in [5.41, 5.74) is 4.78. The lowest BCUT2D eigenvalue weighted by Gasteiger charge is -2.58. The van der Waals surface area contributed by atoms with E-state index >= 15 is 0 Å². The lowest BCUT2D eigenvalue weighted by molar-refractivity contribution is -0.0135. The topological polar surface area (TPSA) is 62.5 Å². The second-order valence-electron chi connectivity index (χ2n) is 11.8. The van der Waals surface area contributed by atoms with Crippen LogP contribution in [0.15, 0.2) is 47.6 Å². The van der Waals surface area contributed by atoms with E-state index in [1.165, 1.54) is 43.5 Å². The maximum Gasteiger partial charge on any atom is 0.322 e. The van der Waals surface area contributed by atoms with Gasteiger partial charge < -0.3 is 9.88 Å². The lowest BCUT2D eigenvalue weighted by Crippen LogP contribution is -2.52. The molecule has 1 aromatic heterocycles. The first-order valence-electron chi connectivity index (χ1n) is 13.6. The van der Waals surface area contributed by atoms with Gasteiger partial charge in [-0.1, -0.05) is 38.5 Å². The zero-order valence-corrected chi connectivity index (χ0v) is 21.4. The van der Waals surface area contributed by atoms with E-state index in [1.54, 1.807) is 29.1 Å². The smallest absolute Gasteiger partial charge is 0.322 e. The zero-order valence-electron chi connectivity index (χ0n) is 21.4. The minimum absolute atomic E-state index is 0.000913. The molecule has 0 spiro atoms. The van der Waals surface area contributed by atoms with Crippen LogP contribution in [-0.4, -0.2) is 39.3 Å². The van der Waals surface area contributed by atoms with Crippen molar-refractivity contribution < 1.29 is 4.79 Å². The highest BCUT2D eigenvalue weighted by atomic mass is 16.2. The van der Waals surface area contributed by atoms with Crippen molar-refractivity contribution in [3.63, 3.8) is 0 Å². The van der Waals surface area contributed by atoms with Crippen molar-refractivity contribution in [3.8, 4) is 0 Å². The van der Waals surface area contributed by atoms with Crippen molar-refractivity contribution in [3.05, 3.63) is 48.3 Å². The van der Waals surface area contributed by atoms with Gasteiger partial charge in [0.15, 0.2) is 0 Å². The Bertz CT molecular complexity index is 1130. The van der Waals surface area contributed by atoms with Crippen LogP contribution >= 0.6 is 0 Å². The van der Waals surface area contributed by atoms with Gasteiger partial charge in [-0.3, -0.25) is 9.89 Å². The van der Waals surface area contributed by atoms with Crippen molar-refractivity contribution in [1.82, 2.24) is 19.8 Å². The highest BCUT2D eigenvalue weighted by Crippen LogP contribution is 2.65. The van der Waals surface area contributed by atoms with Crippen molar-refractivity contribution >= 4 is 17.9 Å². The third-order valence-electron chi connectivity index (χ3n) is 10.2. The van der Waals surface area contributed by atoms with E-state index in [1.807, 2.05) is 6.33 Å². The van der Waals surface area contributed by atoms with Gasteiger partial charge in [-0.25, -0.2) is 9.78 Å². The summed E-state index contributed by atoms with van der Waals surface area (Å²) in [5, 5.41) is 3.30. The van der Waals surface area contributed by atoms with Gasteiger partial charge in [0.1, 0.15) is 0 Å². The van der Waals surface area contributed by atoms with Gasteiger partial charge in [0.2, 0.25) is 0 Å². The standard InChI is InChI=1S/C29H39N5O/c1-4-21-18-34(19-31-21)26-8-7-24-23-6-5-20-17-22(32-27(35)33-15-13-30-14-16-33)9-11-28(20,2)25(23)10-12-29(24,26)3/h5,8,13-15,18-19,22-25H,4,6-7,9-12,16-17H2,1-3H3,(H,32,35)/t22-,23?,24?,25?,28-,29-/m0/s1. The van der Waals surface area contributed by atoms with E-state index in [-0.39, 0.29) is 22.9 Å². The second kappa shape index (κ2) is 8.49. The quantitative estimate of drug-likeness (QED) is 0.565. The van der Waals surface area contributed by atoms with Crippen LogP contribution < -0.4 is 5.32 Å². The number of amides is 2. The molecule has 1 aliphatic heterocycles. The van der Waals surface area contributed by atoms with Crippen molar-refractivity contribution in [2.45, 2.75) is 78.2 Å². The molecule has 5 aliphatic rings. The molecule has 0 aromatic carbocycles. The molecule has 2 saturated carbocycles. The predicted molar refractivity (Wildman–Crippen MR) is 140 cm³/mol. The molecule has 2 fully saturated rings. The van der Waals surface area contributed by atoms with Crippen molar-refractivity contribution in [2.75, 3.05) is 6.54 Å². The van der Waals surface area contributed by atoms with Gasteiger partial charge in [-0.2, -0.15) is 0 Å². The van der Waals surface area contributed by atoms with Crippen LogP contribution in [0.3, 0.4) is 0 Å². The molecular formula is C29H39N5O. The highest BCUT2D eigenvalue weighted by molar-refractivity contribution is 5.80. The van der Waals surface area contributed by atoms with Crippen LogP contribution in [-0.2, 0) is 6.42 Å². The fourth-order valence-electron chi connectivity index (χ4n) is 8.19. The van der Waals surface area contributed by atoms with Crippen LogP contribution in [0.25, 0.3) is 5.70 Å². The van der Waals surface area contributed by atoms with Gasteiger partial charge in [-0.15, -0.1) is 0 Å². The molecule has 3 unspecified atom stereocenters. The van der Waals surface area contributed by atoms with Crippen LogP contribution in [0.2, 0.25) is 0 Å². The molecule has 0 radical (unpaired) electrons. The molecule has 6 rings (SSSR count). The molecule has 0 saturated heterocycles. The van der Waals surface area contributed by atoms with E-state index in [9.17, 15) is 4.79 Å². The summed E-state index contributed by atoms with van der Waals surface area (Å²) in [6, 6.07) is 0.229. The van der Waals surface area contributed by atoms with Crippen LogP contribution in [0.5, 0.6) is 0 Å². The molecule has 6 heteroatoms. The number of allylic oxidation sites excluding steroid dienone is 3. The average molecular weight is 474 g/mol. The van der Waals surface area contributed by atoms with Crippen LogP contribution in [0.4, 0.5) is 4.79 Å². The van der Waals surface area contributed by atoms with Gasteiger partial charge >= 0.3 is 6.03 Å². The molecule has 4 aliphatic carbocycles. The summed E-state index contributed by atoms with van der Waals surface area (Å²) < 4.78 is 2.32. The number of hydrogen-bond acceptors (Lipinski definition) is 3. The number of hydrogen-bond donors (Lipinski definition) is 1. The number of nitrogens with one attached hydrogen (secondary N) is 1. The van der Waals surface area contributed by atoms with E-state index in [0.29, 0.717) is 12.5 Å². The summed E-state index contributed by atoms with van der Waals surface area (Å²) in [6.07, 6.45) is 23.7. The molecule has 2 heterocycles. The first-order valence-corrected chi connectivity index (χ1v) is 13.6. The number of aliphatic imine (C=N–C) groups is 1. The highest BCUT2D eigenvalue weighted by Gasteiger charge is 2.57. The third-order valence-corrected chi connectivity index (χ3v) is 10.2. The van der Waals surface area contributed by atoms with Gasteiger partial charge in [-0.05, 0) is 74.5 Å². The SMILES string of the molecule is CCc1cn(C2=CCC3C4CC=C5C[C@@H](NC(=O)N6C=CN=CC6)CC[C@]5(C)C4CC[C@]23C)cn1. The van der Waals surface area contributed by atoms with Crippen LogP contribution in [0.1, 0.15) is 71.4 Å². The number of imidazole rings is 1. The van der Waals surface area contributed by atoms with Crippen molar-refractivity contribution in [1.29, 1.82) is 0 Å². The monoisotopic (exact) mass is 473 g/mol. The number of aryl methyl sites for hydroxylation is 1. The van der Waals surface area contributed by atoms with Gasteiger partial charge in [0.25, 0.3) is 0 Å². The molecule has 2 amide bonds. The fraction of sp³-hybridized carbons (Fsp3) is 0.621. The minimum atomic E-state index is -0.000913. The summed E-state index contributed by atoms with van der Waals surface area (Å²) in [7, 11) is 0. The average Bonchev–Trinajstić information content (AvgIpc) is 3.48. The number of rotatable bonds is 3. The number of urea groups is 1. The Labute approximate surface area is 209 Å². The normalized spacial score (nSPS) is 37.7. The molecule has 186 valence electrons. The summed E-state index contributed by atoms with van der Waals surface area (Å²) in [6.45, 7) is 7.78. The predicted octanol–water partition coefficient (Wildman–Crippen LogP) is 5.79. The molecule has 0 bridgehead atoms. The molecule has 35 heavy (non-hydrogen) atoms. The summed E-state index contributed by atoms with van der Waals surface area (Å²) in [4.78, 5) is 23.1. The molecule has 1 aromatic rings. The third kappa shape index (κ3) is 3.63. The Hall–Kier alpha value is -2.63. The molecule has 1 N–H and O–H groups in total. The second-order valence-corrected chi connectivity index (χ2v) is 11.8. The van der Waals surface area contributed by atoms with E-state index in [0.717, 1.165) is 31.1 Å². The number of nitrogens with zero attached hydrogens (tertiary/aromatic N) is 4. The van der Waals surface area contributed by atoms with Gasteiger partial charge in [0, 0.05) is 42.0 Å². The Morgan fingerprint density at radius 3 is 2.77 bits per heavy atom. The number of carbonyl (C=O) groups is 1. The summed E-state index contributed by atoms with van der Waals surface area (Å²) in [5.74, 6) is 2.21. The molecule has 6 atom stereocenters.